The minimum absolute atomic E-state index is 0.207. The summed E-state index contributed by atoms with van der Waals surface area (Å²) < 4.78 is 42.6. The Morgan fingerprint density at radius 1 is 1.28 bits per heavy atom. The van der Waals surface area contributed by atoms with Gasteiger partial charge in [0.15, 0.2) is 0 Å². The van der Waals surface area contributed by atoms with E-state index in [0.29, 0.717) is 34.9 Å². The smallest absolute Gasteiger partial charge is 0.246 e. The fourth-order valence-corrected chi connectivity index (χ4v) is 5.54. The van der Waals surface area contributed by atoms with Crippen molar-refractivity contribution in [3.05, 3.63) is 46.5 Å². The molecule has 0 bridgehead atoms. The monoisotopic (exact) mass is 365 g/mol. The van der Waals surface area contributed by atoms with Crippen LogP contribution in [0, 0.1) is 32.5 Å². The van der Waals surface area contributed by atoms with Gasteiger partial charge in [-0.1, -0.05) is 12.1 Å². The van der Waals surface area contributed by atoms with Crippen molar-refractivity contribution in [2.24, 2.45) is 13.0 Å². The average Bonchev–Trinajstić information content (AvgIpc) is 3.09. The van der Waals surface area contributed by atoms with Gasteiger partial charge in [0.1, 0.15) is 10.7 Å². The first-order chi connectivity index (χ1) is 11.7. The topological polar surface area (TPSA) is 55.2 Å². The van der Waals surface area contributed by atoms with Crippen molar-refractivity contribution in [3.8, 4) is 0 Å². The maximum absolute atomic E-state index is 13.4. The number of nitrogens with zero attached hydrogens (tertiary/aromatic N) is 3. The molecule has 1 aromatic carbocycles. The molecule has 1 atom stereocenters. The number of halogens is 1. The summed E-state index contributed by atoms with van der Waals surface area (Å²) in [5, 5.41) is 4.23. The van der Waals surface area contributed by atoms with Crippen LogP contribution in [0.15, 0.2) is 23.1 Å². The van der Waals surface area contributed by atoms with Crippen molar-refractivity contribution in [2.45, 2.75) is 38.5 Å². The molecule has 0 spiro atoms. The lowest BCUT2D eigenvalue weighted by molar-refractivity contribution is 0.455. The van der Waals surface area contributed by atoms with Gasteiger partial charge in [0.25, 0.3) is 0 Å². The Morgan fingerprint density at radius 2 is 2.00 bits per heavy atom. The summed E-state index contributed by atoms with van der Waals surface area (Å²) >= 11 is 0. The molecule has 0 aliphatic carbocycles. The van der Waals surface area contributed by atoms with Gasteiger partial charge in [-0.3, -0.25) is 4.68 Å². The van der Waals surface area contributed by atoms with E-state index < -0.39 is 10.0 Å². The Balaban J connectivity index is 1.76. The molecule has 1 aliphatic rings. The van der Waals surface area contributed by atoms with Crippen molar-refractivity contribution in [3.63, 3.8) is 0 Å². The minimum Gasteiger partial charge on any atom is -0.271 e. The van der Waals surface area contributed by atoms with Crippen molar-refractivity contribution in [1.82, 2.24) is 14.1 Å². The third-order valence-electron chi connectivity index (χ3n) is 5.04. The zero-order valence-corrected chi connectivity index (χ0v) is 15.9. The normalized spacial score (nSPS) is 18.8. The fourth-order valence-electron chi connectivity index (χ4n) is 3.61. The van der Waals surface area contributed by atoms with Gasteiger partial charge in [0.05, 0.1) is 11.4 Å². The summed E-state index contributed by atoms with van der Waals surface area (Å²) in [6.45, 7) is 6.27. The number of hydrogen-bond acceptors (Lipinski definition) is 3. The second kappa shape index (κ2) is 6.53. The van der Waals surface area contributed by atoms with E-state index in [4.69, 9.17) is 0 Å². The van der Waals surface area contributed by atoms with Crippen molar-refractivity contribution < 1.29 is 12.8 Å². The molecule has 0 amide bonds. The molecule has 25 heavy (non-hydrogen) atoms. The van der Waals surface area contributed by atoms with Crippen molar-refractivity contribution >= 4 is 10.0 Å². The van der Waals surface area contributed by atoms with E-state index in [0.717, 1.165) is 18.4 Å². The number of benzene rings is 1. The lowest BCUT2D eigenvalue weighted by Gasteiger charge is -2.17. The number of aromatic nitrogens is 2. The van der Waals surface area contributed by atoms with Crippen LogP contribution >= 0.6 is 0 Å². The highest BCUT2D eigenvalue weighted by atomic mass is 32.2. The van der Waals surface area contributed by atoms with Crippen LogP contribution in [0.4, 0.5) is 4.39 Å². The SMILES string of the molecule is Cc1cc(CC2CCN(S(=O)(=O)c3c(C)nn(C)c3C)C2)ccc1F. The summed E-state index contributed by atoms with van der Waals surface area (Å²) in [5.74, 6) is 0.0406. The van der Waals surface area contributed by atoms with Gasteiger partial charge in [-0.05, 0) is 56.7 Å². The Bertz CT molecular complexity index is 905. The highest BCUT2D eigenvalue weighted by molar-refractivity contribution is 7.89. The Kier molecular flexibility index (Phi) is 4.72. The number of hydrogen-bond donors (Lipinski definition) is 0. The maximum Gasteiger partial charge on any atom is 0.246 e. The van der Waals surface area contributed by atoms with Crippen LogP contribution in [0.5, 0.6) is 0 Å². The predicted molar refractivity (Wildman–Crippen MR) is 94.4 cm³/mol. The highest BCUT2D eigenvalue weighted by Gasteiger charge is 2.35. The molecule has 1 aromatic heterocycles. The summed E-state index contributed by atoms with van der Waals surface area (Å²) in [5.41, 5.74) is 2.88. The zero-order chi connectivity index (χ0) is 18.4. The van der Waals surface area contributed by atoms with Gasteiger partial charge in [0.2, 0.25) is 10.0 Å². The van der Waals surface area contributed by atoms with Crippen LogP contribution in [-0.4, -0.2) is 35.6 Å². The molecule has 5 nitrogen and oxygen atoms in total. The zero-order valence-electron chi connectivity index (χ0n) is 15.1. The van der Waals surface area contributed by atoms with Gasteiger partial charge in [-0.15, -0.1) is 0 Å². The van der Waals surface area contributed by atoms with Gasteiger partial charge < -0.3 is 0 Å². The summed E-state index contributed by atoms with van der Waals surface area (Å²) in [6.07, 6.45) is 1.58. The largest absolute Gasteiger partial charge is 0.271 e. The third-order valence-corrected chi connectivity index (χ3v) is 7.15. The van der Waals surface area contributed by atoms with Gasteiger partial charge in [0, 0.05) is 20.1 Å². The first-order valence-corrected chi connectivity index (χ1v) is 9.89. The molecule has 0 saturated carbocycles. The van der Waals surface area contributed by atoms with E-state index in [-0.39, 0.29) is 11.7 Å². The molecule has 7 heteroatoms. The van der Waals surface area contributed by atoms with E-state index in [2.05, 4.69) is 5.10 Å². The molecular formula is C18H24FN3O2S. The average molecular weight is 365 g/mol. The van der Waals surface area contributed by atoms with Crippen LogP contribution in [0.25, 0.3) is 0 Å². The molecule has 1 fully saturated rings. The predicted octanol–water partition coefficient (Wildman–Crippen LogP) is 2.74. The van der Waals surface area contributed by atoms with Crippen molar-refractivity contribution in [1.29, 1.82) is 0 Å². The molecule has 1 aliphatic heterocycles. The molecule has 0 radical (unpaired) electrons. The van der Waals surface area contributed by atoms with Crippen molar-refractivity contribution in [2.75, 3.05) is 13.1 Å². The number of rotatable bonds is 4. The lowest BCUT2D eigenvalue weighted by atomic mass is 9.97. The first kappa shape index (κ1) is 18.1. The van der Waals surface area contributed by atoms with E-state index in [9.17, 15) is 12.8 Å². The first-order valence-electron chi connectivity index (χ1n) is 8.45. The molecule has 0 N–H and O–H groups in total. The highest BCUT2D eigenvalue weighted by Crippen LogP contribution is 2.29. The van der Waals surface area contributed by atoms with E-state index in [1.54, 1.807) is 42.9 Å². The fraction of sp³-hybridized carbons (Fsp3) is 0.500. The molecule has 1 unspecified atom stereocenters. The molecule has 3 rings (SSSR count). The third kappa shape index (κ3) is 3.35. The second-order valence-corrected chi connectivity index (χ2v) is 8.80. The van der Waals surface area contributed by atoms with Crippen LogP contribution in [-0.2, 0) is 23.5 Å². The quantitative estimate of drug-likeness (QED) is 0.837. The van der Waals surface area contributed by atoms with E-state index in [1.165, 1.54) is 6.07 Å². The summed E-state index contributed by atoms with van der Waals surface area (Å²) in [7, 11) is -1.77. The number of aryl methyl sites for hydroxylation is 3. The Morgan fingerprint density at radius 3 is 2.60 bits per heavy atom. The van der Waals surface area contributed by atoms with Crippen LogP contribution in [0.1, 0.15) is 28.9 Å². The molecule has 2 aromatic rings. The van der Waals surface area contributed by atoms with Gasteiger partial charge in [-0.25, -0.2) is 12.8 Å². The number of sulfonamides is 1. The summed E-state index contributed by atoms with van der Waals surface area (Å²) in [4.78, 5) is 0.327. The standard InChI is InChI=1S/C18H24FN3O2S/c1-12-9-15(5-6-17(12)19)10-16-7-8-22(11-16)25(23,24)18-13(2)20-21(4)14(18)3/h5-6,9,16H,7-8,10-11H2,1-4H3. The molecular weight excluding hydrogens is 341 g/mol. The lowest BCUT2D eigenvalue weighted by Crippen LogP contribution is -2.30. The Labute approximate surface area is 148 Å². The van der Waals surface area contributed by atoms with E-state index >= 15 is 0 Å². The molecule has 136 valence electrons. The van der Waals surface area contributed by atoms with Gasteiger partial charge >= 0.3 is 0 Å². The second-order valence-electron chi connectivity index (χ2n) is 6.93. The van der Waals surface area contributed by atoms with E-state index in [1.807, 2.05) is 6.07 Å². The summed E-state index contributed by atoms with van der Waals surface area (Å²) in [6, 6.07) is 5.12. The van der Waals surface area contributed by atoms with Crippen LogP contribution in [0.3, 0.4) is 0 Å². The maximum atomic E-state index is 13.4. The van der Waals surface area contributed by atoms with Crippen LogP contribution < -0.4 is 0 Å². The molecule has 2 heterocycles. The minimum atomic E-state index is -3.53. The molecule has 1 saturated heterocycles. The Hall–Kier alpha value is -1.73. The van der Waals surface area contributed by atoms with Crippen LogP contribution in [0.2, 0.25) is 0 Å². The van der Waals surface area contributed by atoms with Gasteiger partial charge in [-0.2, -0.15) is 9.40 Å².